The fraction of sp³-hybridized carbons (Fsp3) is 0.333. The summed E-state index contributed by atoms with van der Waals surface area (Å²) >= 11 is 1.50. The minimum Gasteiger partial charge on any atom is -0.308 e. The van der Waals surface area contributed by atoms with Crippen molar-refractivity contribution in [1.29, 1.82) is 0 Å². The van der Waals surface area contributed by atoms with Crippen molar-refractivity contribution < 1.29 is 14.4 Å². The zero-order chi connectivity index (χ0) is 22.8. The molecule has 3 amide bonds. The van der Waals surface area contributed by atoms with Crippen LogP contribution in [0.5, 0.6) is 0 Å². The van der Waals surface area contributed by atoms with E-state index in [1.807, 2.05) is 25.1 Å². The molecule has 1 aromatic heterocycles. The van der Waals surface area contributed by atoms with Crippen molar-refractivity contribution in [3.05, 3.63) is 53.6 Å². The Hall–Kier alpha value is -3.10. The lowest BCUT2D eigenvalue weighted by Gasteiger charge is -2.22. The standard InChI is InChI=1S/C24H26N4O3S/c1-4-16-8-9-19-20(14-16)32-24(25-19)27(13-12-26(2)3)23(31)17-6-5-7-18(15-17)28-21(29)10-11-22(28)30/h5-9,14-15H,4,10-13H2,1-3H3. The van der Waals surface area contributed by atoms with Crippen molar-refractivity contribution in [2.24, 2.45) is 0 Å². The topological polar surface area (TPSA) is 73.8 Å². The molecule has 0 aliphatic carbocycles. The quantitative estimate of drug-likeness (QED) is 0.513. The molecular weight excluding hydrogens is 424 g/mol. The lowest BCUT2D eigenvalue weighted by molar-refractivity contribution is -0.121. The van der Waals surface area contributed by atoms with E-state index in [0.717, 1.165) is 16.6 Å². The van der Waals surface area contributed by atoms with Crippen molar-refractivity contribution in [2.75, 3.05) is 37.0 Å². The number of imide groups is 1. The van der Waals surface area contributed by atoms with Gasteiger partial charge in [0.1, 0.15) is 0 Å². The van der Waals surface area contributed by atoms with Gasteiger partial charge in [0.2, 0.25) is 11.8 Å². The van der Waals surface area contributed by atoms with Gasteiger partial charge in [0.15, 0.2) is 5.13 Å². The molecule has 1 aliphatic heterocycles. The van der Waals surface area contributed by atoms with E-state index in [2.05, 4.69) is 19.1 Å². The molecule has 166 valence electrons. The van der Waals surface area contributed by atoms with Crippen LogP contribution in [-0.4, -0.2) is 54.8 Å². The summed E-state index contributed by atoms with van der Waals surface area (Å²) in [5.41, 5.74) is 2.95. The maximum absolute atomic E-state index is 13.6. The molecule has 0 unspecified atom stereocenters. The van der Waals surface area contributed by atoms with Crippen LogP contribution in [0, 0.1) is 0 Å². The molecular formula is C24H26N4O3S. The highest BCUT2D eigenvalue weighted by atomic mass is 32.1. The number of benzene rings is 2. The summed E-state index contributed by atoms with van der Waals surface area (Å²) in [6.45, 7) is 3.25. The average molecular weight is 451 g/mol. The number of rotatable bonds is 7. The molecule has 1 aliphatic rings. The summed E-state index contributed by atoms with van der Waals surface area (Å²) in [4.78, 5) is 47.5. The Kier molecular flexibility index (Phi) is 6.34. The fourth-order valence-corrected chi connectivity index (χ4v) is 4.73. The number of fused-ring (bicyclic) bond motifs is 1. The fourth-order valence-electron chi connectivity index (χ4n) is 3.67. The zero-order valence-electron chi connectivity index (χ0n) is 18.5. The molecule has 32 heavy (non-hydrogen) atoms. The maximum atomic E-state index is 13.6. The number of hydrogen-bond acceptors (Lipinski definition) is 6. The predicted molar refractivity (Wildman–Crippen MR) is 127 cm³/mol. The maximum Gasteiger partial charge on any atom is 0.260 e. The van der Waals surface area contributed by atoms with Crippen LogP contribution in [-0.2, 0) is 16.0 Å². The average Bonchev–Trinajstić information content (AvgIpc) is 3.35. The molecule has 7 nitrogen and oxygen atoms in total. The van der Waals surface area contributed by atoms with Gasteiger partial charge < -0.3 is 4.90 Å². The van der Waals surface area contributed by atoms with E-state index < -0.39 is 0 Å². The van der Waals surface area contributed by atoms with Crippen molar-refractivity contribution in [3.8, 4) is 0 Å². The summed E-state index contributed by atoms with van der Waals surface area (Å²) in [6.07, 6.45) is 1.35. The van der Waals surface area contributed by atoms with Crippen LogP contribution in [0.25, 0.3) is 10.2 Å². The molecule has 4 rings (SSSR count). The molecule has 0 spiro atoms. The Bertz CT molecular complexity index is 1170. The number of aromatic nitrogens is 1. The van der Waals surface area contributed by atoms with Crippen LogP contribution in [0.3, 0.4) is 0 Å². The van der Waals surface area contributed by atoms with Crippen LogP contribution in [0.15, 0.2) is 42.5 Å². The van der Waals surface area contributed by atoms with Gasteiger partial charge in [-0.15, -0.1) is 0 Å². The third kappa shape index (κ3) is 4.42. The Labute approximate surface area is 191 Å². The minimum absolute atomic E-state index is 0.206. The van der Waals surface area contributed by atoms with Gasteiger partial charge in [0.05, 0.1) is 15.9 Å². The third-order valence-electron chi connectivity index (χ3n) is 5.50. The molecule has 0 atom stereocenters. The van der Waals surface area contributed by atoms with Gasteiger partial charge in [-0.25, -0.2) is 4.98 Å². The molecule has 0 radical (unpaired) electrons. The minimum atomic E-state index is -0.234. The highest BCUT2D eigenvalue weighted by Gasteiger charge is 2.31. The van der Waals surface area contributed by atoms with E-state index in [9.17, 15) is 14.4 Å². The molecule has 2 aromatic carbocycles. The van der Waals surface area contributed by atoms with E-state index >= 15 is 0 Å². The summed E-state index contributed by atoms with van der Waals surface area (Å²) in [5, 5.41) is 0.638. The van der Waals surface area contributed by atoms with Crippen LogP contribution >= 0.6 is 11.3 Å². The van der Waals surface area contributed by atoms with Crippen LogP contribution in [0.4, 0.5) is 10.8 Å². The summed E-state index contributed by atoms with van der Waals surface area (Å²) in [7, 11) is 3.92. The molecule has 2 heterocycles. The first-order valence-corrected chi connectivity index (χ1v) is 11.5. The van der Waals surface area contributed by atoms with Crippen LogP contribution in [0.2, 0.25) is 0 Å². The number of amides is 3. The highest BCUT2D eigenvalue weighted by molar-refractivity contribution is 7.22. The molecule has 0 bridgehead atoms. The Morgan fingerprint density at radius 1 is 1.06 bits per heavy atom. The second kappa shape index (κ2) is 9.18. The van der Waals surface area contributed by atoms with Gasteiger partial charge in [0, 0.05) is 31.5 Å². The summed E-state index contributed by atoms with van der Waals surface area (Å²) in [6, 6.07) is 12.9. The van der Waals surface area contributed by atoms with E-state index in [-0.39, 0.29) is 30.6 Å². The molecule has 0 N–H and O–H groups in total. The third-order valence-corrected chi connectivity index (χ3v) is 6.54. The number of aryl methyl sites for hydroxylation is 1. The predicted octanol–water partition coefficient (Wildman–Crippen LogP) is 3.72. The zero-order valence-corrected chi connectivity index (χ0v) is 19.3. The number of hydrogen-bond donors (Lipinski definition) is 0. The second-order valence-corrected chi connectivity index (χ2v) is 9.09. The van der Waals surface area contributed by atoms with Crippen LogP contribution < -0.4 is 9.80 Å². The molecule has 1 fully saturated rings. The second-order valence-electron chi connectivity index (χ2n) is 8.09. The largest absolute Gasteiger partial charge is 0.308 e. The van der Waals surface area contributed by atoms with E-state index in [0.29, 0.717) is 29.5 Å². The Morgan fingerprint density at radius 2 is 1.81 bits per heavy atom. The van der Waals surface area contributed by atoms with E-state index in [1.165, 1.54) is 21.8 Å². The molecule has 3 aromatic rings. The van der Waals surface area contributed by atoms with Gasteiger partial charge in [0.25, 0.3) is 5.91 Å². The number of carbonyl (C=O) groups excluding carboxylic acids is 3. The lowest BCUT2D eigenvalue weighted by atomic mass is 10.1. The number of carbonyl (C=O) groups is 3. The Balaban J connectivity index is 1.69. The van der Waals surface area contributed by atoms with Crippen molar-refractivity contribution in [3.63, 3.8) is 0 Å². The van der Waals surface area contributed by atoms with Gasteiger partial charge in [-0.1, -0.05) is 30.4 Å². The van der Waals surface area contributed by atoms with Crippen molar-refractivity contribution >= 4 is 50.1 Å². The molecule has 1 saturated heterocycles. The molecule has 8 heteroatoms. The Morgan fingerprint density at radius 3 is 2.50 bits per heavy atom. The summed E-state index contributed by atoms with van der Waals surface area (Å²) in [5.74, 6) is -0.675. The normalized spacial score (nSPS) is 14.1. The van der Waals surface area contributed by atoms with Gasteiger partial charge >= 0.3 is 0 Å². The van der Waals surface area contributed by atoms with Crippen molar-refractivity contribution in [1.82, 2.24) is 9.88 Å². The van der Waals surface area contributed by atoms with Crippen LogP contribution in [0.1, 0.15) is 35.7 Å². The lowest BCUT2D eigenvalue weighted by Crippen LogP contribution is -2.37. The smallest absolute Gasteiger partial charge is 0.260 e. The first kappa shape index (κ1) is 22.1. The summed E-state index contributed by atoms with van der Waals surface area (Å²) < 4.78 is 1.05. The SMILES string of the molecule is CCc1ccc2nc(N(CCN(C)C)C(=O)c3cccc(N4C(=O)CCC4=O)c3)sc2c1. The number of nitrogens with zero attached hydrogens (tertiary/aromatic N) is 4. The molecule has 0 saturated carbocycles. The van der Waals surface area contributed by atoms with Gasteiger partial charge in [-0.05, 0) is 56.4 Å². The van der Waals surface area contributed by atoms with Crippen molar-refractivity contribution in [2.45, 2.75) is 26.2 Å². The first-order chi connectivity index (χ1) is 15.4. The van der Waals surface area contributed by atoms with E-state index in [1.54, 1.807) is 29.2 Å². The first-order valence-electron chi connectivity index (χ1n) is 10.7. The monoisotopic (exact) mass is 450 g/mol. The number of anilines is 2. The number of likely N-dealkylation sites (N-methyl/N-ethyl adjacent to an activating group) is 1. The van der Waals surface area contributed by atoms with Gasteiger partial charge in [-0.2, -0.15) is 0 Å². The van der Waals surface area contributed by atoms with E-state index in [4.69, 9.17) is 4.98 Å². The highest BCUT2D eigenvalue weighted by Crippen LogP contribution is 2.31. The van der Waals surface area contributed by atoms with Gasteiger partial charge in [-0.3, -0.25) is 24.2 Å². The number of thiazole rings is 1.